The third-order valence-electron chi connectivity index (χ3n) is 5.17. The zero-order valence-electron chi connectivity index (χ0n) is 19.2. The molecule has 184 valence electrons. The van der Waals surface area contributed by atoms with Crippen molar-refractivity contribution >= 4 is 23.7 Å². The lowest BCUT2D eigenvalue weighted by Crippen LogP contribution is -2.46. The van der Waals surface area contributed by atoms with Gasteiger partial charge in [0, 0.05) is 12.1 Å². The van der Waals surface area contributed by atoms with Gasteiger partial charge in [0.15, 0.2) is 6.04 Å². The highest BCUT2D eigenvalue weighted by Crippen LogP contribution is 2.37. The highest BCUT2D eigenvalue weighted by molar-refractivity contribution is 6.32. The van der Waals surface area contributed by atoms with Crippen LogP contribution in [0.15, 0.2) is 36.4 Å². The second-order valence-corrected chi connectivity index (χ2v) is 9.15. The molecule has 0 saturated heterocycles. The summed E-state index contributed by atoms with van der Waals surface area (Å²) >= 11 is 5.94. The molecule has 0 radical (unpaired) electrons. The number of alkyl halides is 3. The highest BCUT2D eigenvalue weighted by atomic mass is 35.5. The fourth-order valence-corrected chi connectivity index (χ4v) is 3.94. The molecule has 1 atom stereocenters. The van der Waals surface area contributed by atoms with Crippen LogP contribution in [-0.4, -0.2) is 36.2 Å². The topological polar surface area (TPSA) is 65.1 Å². The molecule has 1 amide bonds. The van der Waals surface area contributed by atoms with Crippen molar-refractivity contribution in [2.45, 2.75) is 51.6 Å². The van der Waals surface area contributed by atoms with E-state index in [1.54, 1.807) is 39.0 Å². The van der Waals surface area contributed by atoms with Crippen LogP contribution in [0, 0.1) is 0 Å². The minimum absolute atomic E-state index is 0.175. The van der Waals surface area contributed by atoms with Gasteiger partial charge in [0.2, 0.25) is 0 Å². The van der Waals surface area contributed by atoms with Gasteiger partial charge in [-0.15, -0.1) is 0 Å². The molecule has 0 unspecified atom stereocenters. The lowest BCUT2D eigenvalue weighted by atomic mass is 9.92. The Labute approximate surface area is 200 Å². The maximum absolute atomic E-state index is 13.1. The van der Waals surface area contributed by atoms with Crippen LogP contribution in [0.25, 0.3) is 0 Å². The normalized spacial score (nSPS) is 16.0. The summed E-state index contributed by atoms with van der Waals surface area (Å²) in [6, 6.07) is 7.56. The molecule has 1 heterocycles. The van der Waals surface area contributed by atoms with Crippen LogP contribution in [-0.2, 0) is 33.5 Å². The van der Waals surface area contributed by atoms with Crippen LogP contribution in [0.1, 0.15) is 49.1 Å². The minimum atomic E-state index is -4.57. The van der Waals surface area contributed by atoms with E-state index in [9.17, 15) is 22.8 Å². The van der Waals surface area contributed by atoms with Gasteiger partial charge >= 0.3 is 18.2 Å². The fraction of sp³-hybridized carbons (Fsp3) is 0.417. The molecule has 0 spiro atoms. The molecule has 1 aliphatic rings. The van der Waals surface area contributed by atoms with E-state index in [1.807, 2.05) is 0 Å². The highest BCUT2D eigenvalue weighted by Gasteiger charge is 2.39. The zero-order valence-corrected chi connectivity index (χ0v) is 19.9. The summed E-state index contributed by atoms with van der Waals surface area (Å²) in [6.07, 6.45) is -4.78. The summed E-state index contributed by atoms with van der Waals surface area (Å²) in [5.41, 5.74) is -0.154. The van der Waals surface area contributed by atoms with Crippen LogP contribution in [0.2, 0.25) is 5.02 Å². The molecule has 0 fully saturated rings. The molecule has 0 aliphatic carbocycles. The Balaban J connectivity index is 1.83. The second kappa shape index (κ2) is 9.74. The Kier molecular flexibility index (Phi) is 7.35. The molecule has 10 heteroatoms. The van der Waals surface area contributed by atoms with Crippen molar-refractivity contribution in [1.29, 1.82) is 0 Å². The quantitative estimate of drug-likeness (QED) is 0.487. The number of esters is 1. The Hall–Kier alpha value is -2.94. The SMILES string of the molecule is COC(=O)[C@H]1c2ccc(OCc3cccc(C(F)(F)F)c3Cl)cc2CCN1C(=O)OC(C)(C)C. The standard InChI is InChI=1S/C24H25ClF3NO5/c1-23(2,3)34-22(31)29-11-10-14-12-16(8-9-17(14)20(29)21(30)32-4)33-13-15-6-5-7-18(19(15)25)24(26,27)28/h5-9,12,20H,10-11,13H2,1-4H3/t20-/m1/s1. The number of carbonyl (C=O) groups excluding carboxylic acids is 2. The first-order valence-electron chi connectivity index (χ1n) is 10.5. The Morgan fingerprint density at radius 2 is 1.85 bits per heavy atom. The molecule has 3 rings (SSSR count). The molecule has 0 aromatic heterocycles. The number of fused-ring (bicyclic) bond motifs is 1. The number of ether oxygens (including phenoxy) is 3. The van der Waals surface area contributed by atoms with Gasteiger partial charge in [-0.1, -0.05) is 29.8 Å². The summed E-state index contributed by atoms with van der Waals surface area (Å²) in [6.45, 7) is 5.24. The summed E-state index contributed by atoms with van der Waals surface area (Å²) < 4.78 is 55.3. The first-order chi connectivity index (χ1) is 15.8. The summed E-state index contributed by atoms with van der Waals surface area (Å²) in [5, 5.41) is -0.410. The van der Waals surface area contributed by atoms with Crippen molar-refractivity contribution in [3.05, 3.63) is 63.7 Å². The van der Waals surface area contributed by atoms with E-state index in [1.165, 1.54) is 24.1 Å². The largest absolute Gasteiger partial charge is 0.489 e. The number of halogens is 4. The van der Waals surface area contributed by atoms with Gasteiger partial charge in [0.25, 0.3) is 0 Å². The number of amides is 1. The van der Waals surface area contributed by atoms with E-state index in [4.69, 9.17) is 25.8 Å². The number of nitrogens with zero attached hydrogens (tertiary/aromatic N) is 1. The predicted molar refractivity (Wildman–Crippen MR) is 119 cm³/mol. The van der Waals surface area contributed by atoms with Crippen molar-refractivity contribution in [3.8, 4) is 5.75 Å². The molecule has 2 aromatic carbocycles. The van der Waals surface area contributed by atoms with Crippen LogP contribution in [0.3, 0.4) is 0 Å². The van der Waals surface area contributed by atoms with E-state index in [0.717, 1.165) is 11.6 Å². The smallest absolute Gasteiger partial charge is 0.417 e. The van der Waals surface area contributed by atoms with Crippen LogP contribution in [0.5, 0.6) is 5.75 Å². The Morgan fingerprint density at radius 1 is 1.15 bits per heavy atom. The predicted octanol–water partition coefficient (Wildman–Crippen LogP) is 5.95. The third-order valence-corrected chi connectivity index (χ3v) is 5.62. The van der Waals surface area contributed by atoms with E-state index in [2.05, 4.69) is 0 Å². The molecule has 34 heavy (non-hydrogen) atoms. The van der Waals surface area contributed by atoms with Crippen LogP contribution >= 0.6 is 11.6 Å². The molecule has 2 aromatic rings. The zero-order chi connectivity index (χ0) is 25.3. The minimum Gasteiger partial charge on any atom is -0.489 e. The maximum Gasteiger partial charge on any atom is 0.417 e. The first-order valence-corrected chi connectivity index (χ1v) is 10.9. The van der Waals surface area contributed by atoms with Crippen LogP contribution in [0.4, 0.5) is 18.0 Å². The number of carbonyl (C=O) groups is 2. The number of hydrogen-bond acceptors (Lipinski definition) is 5. The molecule has 0 saturated carbocycles. The van der Waals surface area contributed by atoms with Crippen molar-refractivity contribution < 1.29 is 37.0 Å². The van der Waals surface area contributed by atoms with Gasteiger partial charge in [-0.3, -0.25) is 4.90 Å². The average molecular weight is 500 g/mol. The molecule has 6 nitrogen and oxygen atoms in total. The molecule has 1 aliphatic heterocycles. The number of benzene rings is 2. The van der Waals surface area contributed by atoms with E-state index in [-0.39, 0.29) is 18.7 Å². The summed E-state index contributed by atoms with van der Waals surface area (Å²) in [7, 11) is 1.24. The molecular formula is C24H25ClF3NO5. The van der Waals surface area contributed by atoms with E-state index in [0.29, 0.717) is 17.7 Å². The molecule has 0 bridgehead atoms. The first kappa shape index (κ1) is 25.7. The summed E-state index contributed by atoms with van der Waals surface area (Å²) in [4.78, 5) is 26.6. The molecule has 0 N–H and O–H groups in total. The number of hydrogen-bond donors (Lipinski definition) is 0. The molecular weight excluding hydrogens is 475 g/mol. The lowest BCUT2D eigenvalue weighted by molar-refractivity contribution is -0.147. The third kappa shape index (κ3) is 5.75. The Bertz CT molecular complexity index is 1080. The van der Waals surface area contributed by atoms with Gasteiger partial charge in [-0.2, -0.15) is 13.2 Å². The van der Waals surface area contributed by atoms with E-state index >= 15 is 0 Å². The van der Waals surface area contributed by atoms with Crippen molar-refractivity contribution in [3.63, 3.8) is 0 Å². The van der Waals surface area contributed by atoms with Crippen molar-refractivity contribution in [2.24, 2.45) is 0 Å². The van der Waals surface area contributed by atoms with Crippen molar-refractivity contribution in [2.75, 3.05) is 13.7 Å². The van der Waals surface area contributed by atoms with E-state index < -0.39 is 40.5 Å². The van der Waals surface area contributed by atoms with Gasteiger partial charge in [0.05, 0.1) is 17.7 Å². The Morgan fingerprint density at radius 3 is 2.47 bits per heavy atom. The maximum atomic E-state index is 13.1. The van der Waals surface area contributed by atoms with Gasteiger partial charge < -0.3 is 14.2 Å². The second-order valence-electron chi connectivity index (χ2n) is 8.78. The fourth-order valence-electron chi connectivity index (χ4n) is 3.65. The van der Waals surface area contributed by atoms with Crippen molar-refractivity contribution in [1.82, 2.24) is 4.90 Å². The van der Waals surface area contributed by atoms with Gasteiger partial charge in [-0.05, 0) is 56.5 Å². The van der Waals surface area contributed by atoms with Gasteiger partial charge in [-0.25, -0.2) is 9.59 Å². The monoisotopic (exact) mass is 499 g/mol. The number of rotatable bonds is 4. The summed E-state index contributed by atoms with van der Waals surface area (Å²) in [5.74, 6) is -0.224. The average Bonchev–Trinajstić information content (AvgIpc) is 2.74. The van der Waals surface area contributed by atoms with Crippen LogP contribution < -0.4 is 4.74 Å². The number of methoxy groups -OCH3 is 1. The lowest BCUT2D eigenvalue weighted by Gasteiger charge is -2.36. The van der Waals surface area contributed by atoms with Gasteiger partial charge in [0.1, 0.15) is 18.0 Å².